The van der Waals surface area contributed by atoms with Crippen molar-refractivity contribution in [2.24, 2.45) is 0 Å². The molecule has 0 atom stereocenters. The Morgan fingerprint density at radius 2 is 1.94 bits per heavy atom. The largest absolute Gasteiger partial charge is 0.437 e. The van der Waals surface area contributed by atoms with Gasteiger partial charge >= 0.3 is 0 Å². The number of aromatic nitrogens is 1. The van der Waals surface area contributed by atoms with Gasteiger partial charge < -0.3 is 10.5 Å². The summed E-state index contributed by atoms with van der Waals surface area (Å²) >= 11 is 5.77. The highest BCUT2D eigenvalue weighted by Crippen LogP contribution is 2.26. The Bertz CT molecular complexity index is 497. The number of halogens is 1. The minimum atomic E-state index is 0.410. The molecular formula is C12H11ClN2O. The Kier molecular flexibility index (Phi) is 2.97. The van der Waals surface area contributed by atoms with Crippen molar-refractivity contribution < 1.29 is 4.74 Å². The number of anilines is 1. The summed E-state index contributed by atoms with van der Waals surface area (Å²) in [6, 6.07) is 8.85. The summed E-state index contributed by atoms with van der Waals surface area (Å²) in [7, 11) is 0. The van der Waals surface area contributed by atoms with Crippen LogP contribution in [0.2, 0.25) is 5.02 Å². The summed E-state index contributed by atoms with van der Waals surface area (Å²) in [5, 5.41) is 0.664. The van der Waals surface area contributed by atoms with Crippen LogP contribution in [0.5, 0.6) is 11.6 Å². The van der Waals surface area contributed by atoms with Gasteiger partial charge in [0.1, 0.15) is 5.75 Å². The van der Waals surface area contributed by atoms with Gasteiger partial charge in [-0.05, 0) is 42.8 Å². The van der Waals surface area contributed by atoms with Gasteiger partial charge in [-0.1, -0.05) is 11.6 Å². The summed E-state index contributed by atoms with van der Waals surface area (Å²) in [4.78, 5) is 4.12. The molecule has 1 heterocycles. The summed E-state index contributed by atoms with van der Waals surface area (Å²) < 4.78 is 5.52. The van der Waals surface area contributed by atoms with E-state index in [1.54, 1.807) is 30.5 Å². The van der Waals surface area contributed by atoms with Crippen LogP contribution in [0.4, 0.5) is 5.69 Å². The first kappa shape index (κ1) is 10.8. The number of rotatable bonds is 2. The first-order chi connectivity index (χ1) is 7.65. The fourth-order valence-electron chi connectivity index (χ4n) is 1.28. The molecule has 0 spiro atoms. The van der Waals surface area contributed by atoms with E-state index >= 15 is 0 Å². The van der Waals surface area contributed by atoms with E-state index in [-0.39, 0.29) is 0 Å². The van der Waals surface area contributed by atoms with Gasteiger partial charge in [0, 0.05) is 11.2 Å². The van der Waals surface area contributed by atoms with Crippen LogP contribution in [0, 0.1) is 6.92 Å². The van der Waals surface area contributed by atoms with Crippen molar-refractivity contribution in [2.45, 2.75) is 6.92 Å². The van der Waals surface area contributed by atoms with Gasteiger partial charge in [-0.3, -0.25) is 0 Å². The van der Waals surface area contributed by atoms with E-state index in [9.17, 15) is 0 Å². The van der Waals surface area contributed by atoms with Gasteiger partial charge in [-0.15, -0.1) is 0 Å². The minimum Gasteiger partial charge on any atom is -0.437 e. The molecule has 0 aliphatic heterocycles. The van der Waals surface area contributed by atoms with Crippen LogP contribution in [0.1, 0.15) is 5.56 Å². The van der Waals surface area contributed by atoms with Crippen molar-refractivity contribution in [2.75, 3.05) is 5.73 Å². The quantitative estimate of drug-likeness (QED) is 0.866. The van der Waals surface area contributed by atoms with Crippen molar-refractivity contribution in [3.05, 3.63) is 47.1 Å². The zero-order valence-corrected chi connectivity index (χ0v) is 9.53. The third-order valence-electron chi connectivity index (χ3n) is 2.04. The van der Waals surface area contributed by atoms with E-state index in [0.29, 0.717) is 22.3 Å². The van der Waals surface area contributed by atoms with Crippen LogP contribution in [-0.2, 0) is 0 Å². The van der Waals surface area contributed by atoms with E-state index in [2.05, 4.69) is 4.98 Å². The lowest BCUT2D eigenvalue weighted by atomic mass is 10.3. The molecule has 1 aromatic carbocycles. The molecule has 1 aromatic heterocycles. The van der Waals surface area contributed by atoms with Gasteiger partial charge in [0.15, 0.2) is 0 Å². The second-order valence-electron chi connectivity index (χ2n) is 3.46. The molecular weight excluding hydrogens is 224 g/mol. The Hall–Kier alpha value is -1.74. The van der Waals surface area contributed by atoms with Crippen LogP contribution < -0.4 is 10.5 Å². The van der Waals surface area contributed by atoms with Crippen LogP contribution in [0.15, 0.2) is 36.5 Å². The lowest BCUT2D eigenvalue weighted by molar-refractivity contribution is 0.465. The smallest absolute Gasteiger partial charge is 0.242 e. The summed E-state index contributed by atoms with van der Waals surface area (Å²) in [6.45, 7) is 1.93. The number of nitrogens with zero attached hydrogens (tertiary/aromatic N) is 1. The number of pyridine rings is 1. The minimum absolute atomic E-state index is 0.410. The Morgan fingerprint density at radius 3 is 2.56 bits per heavy atom. The lowest BCUT2D eigenvalue weighted by Crippen LogP contribution is -1.95. The summed E-state index contributed by atoms with van der Waals surface area (Å²) in [6.07, 6.45) is 1.71. The van der Waals surface area contributed by atoms with Crippen molar-refractivity contribution in [3.8, 4) is 11.6 Å². The van der Waals surface area contributed by atoms with Gasteiger partial charge in [-0.25, -0.2) is 4.98 Å². The molecule has 3 nitrogen and oxygen atoms in total. The number of hydrogen-bond donors (Lipinski definition) is 1. The number of benzene rings is 1. The maximum atomic E-state index is 5.79. The average Bonchev–Trinajstić information content (AvgIpc) is 2.25. The van der Waals surface area contributed by atoms with Gasteiger partial charge in [0.05, 0.1) is 5.69 Å². The highest BCUT2D eigenvalue weighted by atomic mass is 35.5. The second kappa shape index (κ2) is 4.41. The topological polar surface area (TPSA) is 48.1 Å². The third-order valence-corrected chi connectivity index (χ3v) is 2.30. The molecule has 0 saturated carbocycles. The third kappa shape index (κ3) is 2.44. The summed E-state index contributed by atoms with van der Waals surface area (Å²) in [5.74, 6) is 1.07. The molecule has 0 aliphatic carbocycles. The van der Waals surface area contributed by atoms with E-state index < -0.39 is 0 Å². The highest BCUT2D eigenvalue weighted by Gasteiger charge is 2.03. The number of nitrogen functional groups attached to an aromatic ring is 1. The molecule has 0 amide bonds. The predicted octanol–water partition coefficient (Wildman–Crippen LogP) is 3.42. The molecule has 82 valence electrons. The Balaban J connectivity index is 2.23. The normalized spacial score (nSPS) is 10.1. The van der Waals surface area contributed by atoms with Gasteiger partial charge in [-0.2, -0.15) is 0 Å². The molecule has 16 heavy (non-hydrogen) atoms. The molecule has 0 saturated heterocycles. The highest BCUT2D eigenvalue weighted by molar-refractivity contribution is 6.30. The standard InChI is InChI=1S/C12H11ClN2O/c1-8-6-11(14)12(15-7-8)16-10-4-2-9(13)3-5-10/h2-7H,14H2,1H3. The molecule has 2 aromatic rings. The van der Waals surface area contributed by atoms with Gasteiger partial charge in [0.2, 0.25) is 5.88 Å². The fraction of sp³-hybridized carbons (Fsp3) is 0.0833. The SMILES string of the molecule is Cc1cnc(Oc2ccc(Cl)cc2)c(N)c1. The number of hydrogen-bond acceptors (Lipinski definition) is 3. The van der Waals surface area contributed by atoms with Crippen LogP contribution in [0.25, 0.3) is 0 Å². The molecule has 2 rings (SSSR count). The van der Waals surface area contributed by atoms with Crippen molar-refractivity contribution in [1.29, 1.82) is 0 Å². The Morgan fingerprint density at radius 1 is 1.25 bits per heavy atom. The maximum Gasteiger partial charge on any atom is 0.242 e. The zero-order valence-electron chi connectivity index (χ0n) is 8.77. The predicted molar refractivity (Wildman–Crippen MR) is 64.9 cm³/mol. The monoisotopic (exact) mass is 234 g/mol. The number of ether oxygens (including phenoxy) is 1. The molecule has 0 bridgehead atoms. The van der Waals surface area contributed by atoms with Crippen molar-refractivity contribution in [1.82, 2.24) is 4.98 Å². The number of nitrogens with two attached hydrogens (primary N) is 1. The molecule has 0 unspecified atom stereocenters. The van der Waals surface area contributed by atoms with Crippen molar-refractivity contribution >= 4 is 17.3 Å². The lowest BCUT2D eigenvalue weighted by Gasteiger charge is -2.07. The van der Waals surface area contributed by atoms with Crippen LogP contribution in [0.3, 0.4) is 0 Å². The van der Waals surface area contributed by atoms with Gasteiger partial charge in [0.25, 0.3) is 0 Å². The second-order valence-corrected chi connectivity index (χ2v) is 3.90. The van der Waals surface area contributed by atoms with Crippen molar-refractivity contribution in [3.63, 3.8) is 0 Å². The summed E-state index contributed by atoms with van der Waals surface area (Å²) in [5.41, 5.74) is 7.31. The molecule has 4 heteroatoms. The number of aryl methyl sites for hydroxylation is 1. The molecule has 0 aliphatic rings. The maximum absolute atomic E-state index is 5.79. The van der Waals surface area contributed by atoms with Crippen LogP contribution >= 0.6 is 11.6 Å². The molecule has 0 radical (unpaired) electrons. The zero-order chi connectivity index (χ0) is 11.5. The van der Waals surface area contributed by atoms with Crippen LogP contribution in [-0.4, -0.2) is 4.98 Å². The van der Waals surface area contributed by atoms with E-state index in [1.807, 2.05) is 13.0 Å². The first-order valence-electron chi connectivity index (χ1n) is 4.81. The van der Waals surface area contributed by atoms with E-state index in [0.717, 1.165) is 5.56 Å². The van der Waals surface area contributed by atoms with E-state index in [4.69, 9.17) is 22.1 Å². The average molecular weight is 235 g/mol. The Labute approximate surface area is 98.8 Å². The van der Waals surface area contributed by atoms with E-state index in [1.165, 1.54) is 0 Å². The fourth-order valence-corrected chi connectivity index (χ4v) is 1.40. The molecule has 2 N–H and O–H groups in total. The molecule has 0 fully saturated rings. The first-order valence-corrected chi connectivity index (χ1v) is 5.18.